The smallest absolute Gasteiger partial charge is 0.176 e. The van der Waals surface area contributed by atoms with E-state index in [2.05, 4.69) is 44.7 Å². The zero-order chi connectivity index (χ0) is 18.7. The lowest BCUT2D eigenvalue weighted by molar-refractivity contribution is 0.624. The van der Waals surface area contributed by atoms with E-state index in [-0.39, 0.29) is 5.82 Å². The van der Waals surface area contributed by atoms with Crippen LogP contribution in [0.4, 0.5) is 15.9 Å². The number of rotatable bonds is 4. The van der Waals surface area contributed by atoms with Crippen LogP contribution in [0.15, 0.2) is 53.1 Å². The quantitative estimate of drug-likeness (QED) is 0.551. The predicted molar refractivity (Wildman–Crippen MR) is 111 cm³/mol. The highest BCUT2D eigenvalue weighted by molar-refractivity contribution is 9.10. The second kappa shape index (κ2) is 7.97. The van der Waals surface area contributed by atoms with Crippen molar-refractivity contribution in [1.82, 2.24) is 9.78 Å². The molecule has 3 rings (SSSR count). The first-order valence-corrected chi connectivity index (χ1v) is 9.23. The predicted octanol–water partition coefficient (Wildman–Crippen LogP) is 5.26. The Morgan fingerprint density at radius 2 is 1.88 bits per heavy atom. The van der Waals surface area contributed by atoms with Crippen LogP contribution in [0.25, 0.3) is 0 Å². The van der Waals surface area contributed by atoms with Gasteiger partial charge in [0.1, 0.15) is 5.82 Å². The monoisotopic (exact) mass is 432 g/mol. The number of hydrogen-bond donors (Lipinski definition) is 2. The Kier molecular flexibility index (Phi) is 5.68. The molecule has 1 heterocycles. The summed E-state index contributed by atoms with van der Waals surface area (Å²) in [6, 6.07) is 12.5. The number of aryl methyl sites for hydroxylation is 2. The molecule has 0 bridgehead atoms. The molecule has 2 N–H and O–H groups in total. The Balaban J connectivity index is 1.67. The van der Waals surface area contributed by atoms with Crippen molar-refractivity contribution < 1.29 is 4.39 Å². The van der Waals surface area contributed by atoms with Crippen LogP contribution in [0.1, 0.15) is 16.7 Å². The first-order valence-electron chi connectivity index (χ1n) is 8.03. The topological polar surface area (TPSA) is 41.9 Å². The van der Waals surface area contributed by atoms with Gasteiger partial charge >= 0.3 is 0 Å². The zero-order valence-corrected chi connectivity index (χ0v) is 16.8. The molecule has 4 nitrogen and oxygen atoms in total. The molecule has 0 atom stereocenters. The standard InChI is InChI=1S/C19H18BrFN4S/c1-12-3-8-17(13(2)9-12)22-19(26)23-18-16(20)11-25(24-18)10-14-4-6-15(21)7-5-14/h3-9,11H,10H2,1-2H3,(H2,22,23,24,26). The maximum atomic E-state index is 13.0. The van der Waals surface area contributed by atoms with Gasteiger partial charge in [-0.3, -0.25) is 4.68 Å². The molecule has 3 aromatic rings. The van der Waals surface area contributed by atoms with Gasteiger partial charge in [0.05, 0.1) is 11.0 Å². The van der Waals surface area contributed by atoms with Gasteiger partial charge in [0, 0.05) is 11.9 Å². The Morgan fingerprint density at radius 1 is 1.15 bits per heavy atom. The highest BCUT2D eigenvalue weighted by atomic mass is 79.9. The van der Waals surface area contributed by atoms with Crippen molar-refractivity contribution in [2.75, 3.05) is 10.6 Å². The number of thiocarbonyl (C=S) groups is 1. The van der Waals surface area contributed by atoms with E-state index >= 15 is 0 Å². The van der Waals surface area contributed by atoms with Gasteiger partial charge < -0.3 is 10.6 Å². The molecule has 0 aliphatic heterocycles. The van der Waals surface area contributed by atoms with Crippen LogP contribution >= 0.6 is 28.1 Å². The van der Waals surface area contributed by atoms with Crippen molar-refractivity contribution >= 4 is 44.8 Å². The number of halogens is 2. The van der Waals surface area contributed by atoms with Gasteiger partial charge in [0.15, 0.2) is 10.9 Å². The van der Waals surface area contributed by atoms with Crippen LogP contribution in [0.2, 0.25) is 0 Å². The molecule has 0 aliphatic carbocycles. The molecule has 0 radical (unpaired) electrons. The second-order valence-corrected chi connectivity index (χ2v) is 7.31. The van der Waals surface area contributed by atoms with E-state index in [1.54, 1.807) is 16.8 Å². The Hall–Kier alpha value is -2.25. The lowest BCUT2D eigenvalue weighted by atomic mass is 10.1. The lowest BCUT2D eigenvalue weighted by Gasteiger charge is -2.12. The fourth-order valence-corrected chi connectivity index (χ4v) is 3.18. The van der Waals surface area contributed by atoms with Crippen LogP contribution in [0.5, 0.6) is 0 Å². The summed E-state index contributed by atoms with van der Waals surface area (Å²) in [6.45, 7) is 4.63. The van der Waals surface area contributed by atoms with Gasteiger partial charge in [-0.25, -0.2) is 4.39 Å². The zero-order valence-electron chi connectivity index (χ0n) is 14.4. The lowest BCUT2D eigenvalue weighted by Crippen LogP contribution is -2.20. The summed E-state index contributed by atoms with van der Waals surface area (Å²) in [7, 11) is 0. The van der Waals surface area contributed by atoms with Crippen molar-refractivity contribution in [1.29, 1.82) is 0 Å². The van der Waals surface area contributed by atoms with Gasteiger partial charge in [-0.1, -0.05) is 29.8 Å². The first kappa shape index (κ1) is 18.5. The van der Waals surface area contributed by atoms with E-state index in [9.17, 15) is 4.39 Å². The molecule has 2 aromatic carbocycles. The summed E-state index contributed by atoms with van der Waals surface area (Å²) < 4.78 is 15.6. The molecule has 134 valence electrons. The van der Waals surface area contributed by atoms with Crippen molar-refractivity contribution in [2.24, 2.45) is 0 Å². The van der Waals surface area contributed by atoms with E-state index in [0.29, 0.717) is 17.5 Å². The van der Waals surface area contributed by atoms with E-state index in [0.717, 1.165) is 21.3 Å². The minimum absolute atomic E-state index is 0.249. The maximum Gasteiger partial charge on any atom is 0.176 e. The van der Waals surface area contributed by atoms with Crippen LogP contribution < -0.4 is 10.6 Å². The molecular formula is C19H18BrFN4S. The number of nitrogens with zero attached hydrogens (tertiary/aromatic N) is 2. The molecule has 0 saturated heterocycles. The number of nitrogens with one attached hydrogen (secondary N) is 2. The Labute approximate surface area is 165 Å². The summed E-state index contributed by atoms with van der Waals surface area (Å²) in [4.78, 5) is 0. The average molecular weight is 433 g/mol. The van der Waals surface area contributed by atoms with Crippen molar-refractivity contribution in [2.45, 2.75) is 20.4 Å². The summed E-state index contributed by atoms with van der Waals surface area (Å²) in [5, 5.41) is 11.2. The summed E-state index contributed by atoms with van der Waals surface area (Å²) in [5.41, 5.74) is 4.24. The Morgan fingerprint density at radius 3 is 2.58 bits per heavy atom. The Bertz CT molecular complexity index is 937. The summed E-state index contributed by atoms with van der Waals surface area (Å²) >= 11 is 8.88. The van der Waals surface area contributed by atoms with Crippen molar-refractivity contribution in [3.63, 3.8) is 0 Å². The van der Waals surface area contributed by atoms with E-state index < -0.39 is 0 Å². The van der Waals surface area contributed by atoms with Gasteiger partial charge in [-0.05, 0) is 71.3 Å². The number of anilines is 2. The van der Waals surface area contributed by atoms with E-state index in [1.165, 1.54) is 17.7 Å². The molecule has 0 amide bonds. The third-order valence-corrected chi connectivity index (χ3v) is 4.62. The third kappa shape index (κ3) is 4.68. The number of aromatic nitrogens is 2. The highest BCUT2D eigenvalue weighted by Crippen LogP contribution is 2.22. The van der Waals surface area contributed by atoms with Crippen molar-refractivity contribution in [3.8, 4) is 0 Å². The fourth-order valence-electron chi connectivity index (χ4n) is 2.55. The van der Waals surface area contributed by atoms with Gasteiger partial charge in [0.25, 0.3) is 0 Å². The molecule has 0 fully saturated rings. The first-order chi connectivity index (χ1) is 12.4. The number of benzene rings is 2. The molecule has 0 saturated carbocycles. The van der Waals surface area contributed by atoms with Gasteiger partial charge in [0.2, 0.25) is 0 Å². The normalized spacial score (nSPS) is 10.6. The highest BCUT2D eigenvalue weighted by Gasteiger charge is 2.10. The molecule has 26 heavy (non-hydrogen) atoms. The van der Waals surface area contributed by atoms with E-state index in [1.807, 2.05) is 25.3 Å². The number of hydrogen-bond acceptors (Lipinski definition) is 2. The molecule has 7 heteroatoms. The minimum atomic E-state index is -0.249. The second-order valence-electron chi connectivity index (χ2n) is 6.05. The van der Waals surface area contributed by atoms with Crippen LogP contribution in [-0.2, 0) is 6.54 Å². The van der Waals surface area contributed by atoms with E-state index in [4.69, 9.17) is 12.2 Å². The fraction of sp³-hybridized carbons (Fsp3) is 0.158. The molecule has 0 spiro atoms. The molecular weight excluding hydrogens is 415 g/mol. The van der Waals surface area contributed by atoms with Gasteiger partial charge in [-0.15, -0.1) is 0 Å². The average Bonchev–Trinajstić information content (AvgIpc) is 2.91. The van der Waals surface area contributed by atoms with Crippen LogP contribution in [0.3, 0.4) is 0 Å². The minimum Gasteiger partial charge on any atom is -0.332 e. The van der Waals surface area contributed by atoms with Crippen LogP contribution in [-0.4, -0.2) is 14.9 Å². The summed E-state index contributed by atoms with van der Waals surface area (Å²) in [6.07, 6.45) is 1.85. The van der Waals surface area contributed by atoms with Crippen LogP contribution in [0, 0.1) is 19.7 Å². The molecule has 1 aromatic heterocycles. The summed E-state index contributed by atoms with van der Waals surface area (Å²) in [5.74, 6) is 0.370. The molecule has 0 unspecified atom stereocenters. The third-order valence-electron chi connectivity index (χ3n) is 3.84. The largest absolute Gasteiger partial charge is 0.332 e. The van der Waals surface area contributed by atoms with Crippen molar-refractivity contribution in [3.05, 3.63) is 75.6 Å². The molecule has 0 aliphatic rings. The maximum absolute atomic E-state index is 13.0. The SMILES string of the molecule is Cc1ccc(NC(=S)Nc2nn(Cc3ccc(F)cc3)cc2Br)c(C)c1. The van der Waals surface area contributed by atoms with Gasteiger partial charge in [-0.2, -0.15) is 5.10 Å².